The predicted octanol–water partition coefficient (Wildman–Crippen LogP) is 2.56. The van der Waals surface area contributed by atoms with E-state index in [2.05, 4.69) is 44.9 Å². The number of guanidine groups is 1. The minimum atomic E-state index is 0.169. The Hall–Kier alpha value is -2.08. The van der Waals surface area contributed by atoms with Gasteiger partial charge in [0, 0.05) is 30.6 Å². The smallest absolute Gasteiger partial charge is 0.191 e. The molecule has 134 valence electrons. The Morgan fingerprint density at radius 1 is 1.32 bits per heavy atom. The molecule has 1 saturated carbocycles. The van der Waals surface area contributed by atoms with Crippen molar-refractivity contribution in [3.63, 3.8) is 0 Å². The summed E-state index contributed by atoms with van der Waals surface area (Å²) in [6.07, 6.45) is 2.34. The van der Waals surface area contributed by atoms with E-state index in [-0.39, 0.29) is 5.41 Å². The summed E-state index contributed by atoms with van der Waals surface area (Å²) in [7, 11) is 1.96. The number of hydrogen-bond donors (Lipinski definition) is 2. The van der Waals surface area contributed by atoms with Gasteiger partial charge in [0.05, 0.1) is 0 Å². The first-order chi connectivity index (χ1) is 12.0. The van der Waals surface area contributed by atoms with E-state index in [9.17, 15) is 0 Å². The molecule has 0 radical (unpaired) electrons. The van der Waals surface area contributed by atoms with E-state index in [1.807, 2.05) is 30.7 Å². The Labute approximate surface area is 153 Å². The predicted molar refractivity (Wildman–Crippen MR) is 101 cm³/mol. The molecule has 2 aromatic rings. The van der Waals surface area contributed by atoms with E-state index in [1.54, 1.807) is 0 Å². The Morgan fingerprint density at radius 2 is 2.12 bits per heavy atom. The summed E-state index contributed by atoms with van der Waals surface area (Å²) in [6, 6.07) is 8.17. The van der Waals surface area contributed by atoms with Gasteiger partial charge in [0.2, 0.25) is 0 Å². The number of nitrogens with zero attached hydrogens (tertiary/aromatic N) is 4. The highest BCUT2D eigenvalue weighted by molar-refractivity contribution is 6.30. The number of benzene rings is 1. The van der Waals surface area contributed by atoms with Crippen LogP contribution in [0.25, 0.3) is 0 Å². The second kappa shape index (κ2) is 7.44. The van der Waals surface area contributed by atoms with Gasteiger partial charge in [-0.25, -0.2) is 4.99 Å². The quantitative estimate of drug-likeness (QED) is 0.613. The zero-order valence-corrected chi connectivity index (χ0v) is 15.8. The summed E-state index contributed by atoms with van der Waals surface area (Å²) >= 11 is 6.15. The molecule has 0 amide bonds. The van der Waals surface area contributed by atoms with Crippen LogP contribution < -0.4 is 10.6 Å². The molecule has 1 aromatic carbocycles. The Kier molecular flexibility index (Phi) is 5.27. The van der Waals surface area contributed by atoms with Crippen LogP contribution in [0.15, 0.2) is 29.3 Å². The fourth-order valence-corrected chi connectivity index (χ4v) is 3.06. The first kappa shape index (κ1) is 17.7. The van der Waals surface area contributed by atoms with Gasteiger partial charge in [-0.15, -0.1) is 10.2 Å². The molecule has 0 bridgehead atoms. The monoisotopic (exact) mass is 360 g/mol. The molecule has 6 nitrogen and oxygen atoms in total. The molecule has 7 heteroatoms. The molecule has 0 atom stereocenters. The number of nitrogens with one attached hydrogen (secondary N) is 2. The van der Waals surface area contributed by atoms with Crippen LogP contribution in [0.1, 0.15) is 37.0 Å². The Morgan fingerprint density at radius 3 is 2.72 bits per heavy atom. The number of aryl methyl sites for hydroxylation is 1. The molecule has 0 aliphatic heterocycles. The molecule has 0 spiro atoms. The standard InChI is InChI=1S/C18H25ClN6/c1-4-20-17(21-11-16-24-23-13(2)25(16)3)22-12-18(8-9-18)14-6-5-7-15(19)10-14/h5-7,10H,4,8-9,11-12H2,1-3H3,(H2,20,21,22). The summed E-state index contributed by atoms with van der Waals surface area (Å²) in [5.41, 5.74) is 1.47. The summed E-state index contributed by atoms with van der Waals surface area (Å²) in [5.74, 6) is 2.54. The average Bonchev–Trinajstić information content (AvgIpc) is 3.33. The van der Waals surface area contributed by atoms with Gasteiger partial charge in [-0.2, -0.15) is 0 Å². The van der Waals surface area contributed by atoms with Crippen molar-refractivity contribution in [3.8, 4) is 0 Å². The van der Waals surface area contributed by atoms with Crippen LogP contribution in [-0.4, -0.2) is 33.8 Å². The van der Waals surface area contributed by atoms with Gasteiger partial charge in [0.1, 0.15) is 12.4 Å². The lowest BCUT2D eigenvalue weighted by molar-refractivity contribution is 0.644. The number of rotatable bonds is 6. The summed E-state index contributed by atoms with van der Waals surface area (Å²) < 4.78 is 1.96. The van der Waals surface area contributed by atoms with Gasteiger partial charge in [-0.3, -0.25) is 0 Å². The highest BCUT2D eigenvalue weighted by atomic mass is 35.5. The molecular weight excluding hydrogens is 336 g/mol. The molecule has 0 unspecified atom stereocenters. The van der Waals surface area contributed by atoms with E-state index >= 15 is 0 Å². The normalized spacial score (nSPS) is 15.9. The molecule has 1 aromatic heterocycles. The highest BCUT2D eigenvalue weighted by Crippen LogP contribution is 2.48. The maximum atomic E-state index is 6.15. The van der Waals surface area contributed by atoms with Crippen LogP contribution in [0.3, 0.4) is 0 Å². The van der Waals surface area contributed by atoms with E-state index in [1.165, 1.54) is 18.4 Å². The van der Waals surface area contributed by atoms with Crippen molar-refractivity contribution in [2.75, 3.05) is 13.1 Å². The average molecular weight is 361 g/mol. The van der Waals surface area contributed by atoms with Crippen molar-refractivity contribution in [1.82, 2.24) is 25.4 Å². The number of aliphatic imine (C=N–C) groups is 1. The number of hydrogen-bond acceptors (Lipinski definition) is 3. The minimum Gasteiger partial charge on any atom is -0.357 e. The van der Waals surface area contributed by atoms with Crippen LogP contribution in [0.2, 0.25) is 5.02 Å². The zero-order chi connectivity index (χ0) is 17.9. The fraction of sp³-hybridized carbons (Fsp3) is 0.500. The number of aromatic nitrogens is 3. The van der Waals surface area contributed by atoms with Crippen LogP contribution in [0.4, 0.5) is 0 Å². The number of halogens is 1. The van der Waals surface area contributed by atoms with Crippen LogP contribution >= 0.6 is 11.6 Å². The van der Waals surface area contributed by atoms with E-state index < -0.39 is 0 Å². The molecule has 1 heterocycles. The SMILES string of the molecule is CCNC(=NCc1nnc(C)n1C)NCC1(c2cccc(Cl)c2)CC1. The minimum absolute atomic E-state index is 0.169. The van der Waals surface area contributed by atoms with Crippen LogP contribution in [0.5, 0.6) is 0 Å². The molecule has 1 aliphatic carbocycles. The van der Waals surface area contributed by atoms with Crippen LogP contribution in [-0.2, 0) is 19.0 Å². The third-order valence-corrected chi connectivity index (χ3v) is 5.03. The third-order valence-electron chi connectivity index (χ3n) is 4.79. The largest absolute Gasteiger partial charge is 0.357 e. The van der Waals surface area contributed by atoms with Crippen molar-refractivity contribution >= 4 is 17.6 Å². The van der Waals surface area contributed by atoms with Crippen molar-refractivity contribution in [2.45, 2.75) is 38.6 Å². The fourth-order valence-electron chi connectivity index (χ4n) is 2.87. The maximum Gasteiger partial charge on any atom is 0.191 e. The molecule has 25 heavy (non-hydrogen) atoms. The van der Waals surface area contributed by atoms with Gasteiger partial charge in [0.15, 0.2) is 11.8 Å². The summed E-state index contributed by atoms with van der Waals surface area (Å²) in [6.45, 7) is 6.15. The molecule has 1 aliphatic rings. The molecule has 1 fully saturated rings. The van der Waals surface area contributed by atoms with Gasteiger partial charge in [-0.05, 0) is 44.4 Å². The van der Waals surface area contributed by atoms with E-state index in [0.29, 0.717) is 6.54 Å². The van der Waals surface area contributed by atoms with Gasteiger partial charge >= 0.3 is 0 Å². The van der Waals surface area contributed by atoms with Crippen molar-refractivity contribution < 1.29 is 0 Å². The van der Waals surface area contributed by atoms with Crippen LogP contribution in [0, 0.1) is 6.92 Å². The summed E-state index contributed by atoms with van der Waals surface area (Å²) in [4.78, 5) is 4.64. The van der Waals surface area contributed by atoms with Gasteiger partial charge in [0.25, 0.3) is 0 Å². The highest BCUT2D eigenvalue weighted by Gasteiger charge is 2.44. The molecule has 0 saturated heterocycles. The van der Waals surface area contributed by atoms with Crippen molar-refractivity contribution in [3.05, 3.63) is 46.5 Å². The molecule has 2 N–H and O–H groups in total. The first-order valence-electron chi connectivity index (χ1n) is 8.67. The zero-order valence-electron chi connectivity index (χ0n) is 15.0. The Balaban J connectivity index is 1.66. The van der Waals surface area contributed by atoms with Gasteiger partial charge in [-0.1, -0.05) is 23.7 Å². The molecule has 3 rings (SSSR count). The lowest BCUT2D eigenvalue weighted by Crippen LogP contribution is -2.41. The third kappa shape index (κ3) is 4.12. The van der Waals surface area contributed by atoms with Gasteiger partial charge < -0.3 is 15.2 Å². The lowest BCUT2D eigenvalue weighted by Gasteiger charge is -2.19. The molecular formula is C18H25ClN6. The maximum absolute atomic E-state index is 6.15. The lowest BCUT2D eigenvalue weighted by atomic mass is 9.96. The topological polar surface area (TPSA) is 67.1 Å². The van der Waals surface area contributed by atoms with E-state index in [4.69, 9.17) is 11.6 Å². The van der Waals surface area contributed by atoms with Crippen molar-refractivity contribution in [1.29, 1.82) is 0 Å². The summed E-state index contributed by atoms with van der Waals surface area (Å²) in [5, 5.41) is 15.8. The van der Waals surface area contributed by atoms with E-state index in [0.717, 1.165) is 35.7 Å². The second-order valence-corrected chi connectivity index (χ2v) is 7.00. The first-order valence-corrected chi connectivity index (χ1v) is 9.05. The Bertz CT molecular complexity index is 763. The van der Waals surface area contributed by atoms with Crippen molar-refractivity contribution in [2.24, 2.45) is 12.0 Å². The second-order valence-electron chi connectivity index (χ2n) is 6.56.